The number of carbonyl (C=O) groups excluding carboxylic acids is 2. The second-order valence-electron chi connectivity index (χ2n) is 10.9. The van der Waals surface area contributed by atoms with Crippen molar-refractivity contribution in [2.24, 2.45) is 10.7 Å². The average Bonchev–Trinajstić information content (AvgIpc) is 3.47. The van der Waals surface area contributed by atoms with E-state index in [4.69, 9.17) is 15.5 Å². The van der Waals surface area contributed by atoms with Gasteiger partial charge in [-0.1, -0.05) is 12.8 Å². The summed E-state index contributed by atoms with van der Waals surface area (Å²) in [6.07, 6.45) is 5.98. The van der Waals surface area contributed by atoms with Crippen LogP contribution in [0.3, 0.4) is 0 Å². The number of hydrogen-bond donors (Lipinski definition) is 3. The number of guanidine groups is 1. The molecule has 1 saturated carbocycles. The van der Waals surface area contributed by atoms with E-state index in [0.29, 0.717) is 41.3 Å². The fraction of sp³-hybridized carbons (Fsp3) is 0.593. The van der Waals surface area contributed by atoms with Gasteiger partial charge < -0.3 is 25.6 Å². The summed E-state index contributed by atoms with van der Waals surface area (Å²) in [4.78, 5) is 34.9. The van der Waals surface area contributed by atoms with Crippen LogP contribution in [0.15, 0.2) is 34.7 Å². The lowest BCUT2D eigenvalue weighted by Crippen LogP contribution is -2.48. The van der Waals surface area contributed by atoms with Crippen LogP contribution in [0.4, 0.5) is 5.69 Å². The molecule has 1 aromatic rings. The first-order chi connectivity index (χ1) is 17.8. The highest BCUT2D eigenvalue weighted by Gasteiger charge is 2.54. The number of methoxy groups -OCH3 is 1. The number of benzene rings is 1. The lowest BCUT2D eigenvalue weighted by molar-refractivity contribution is -0.696. The SMILES string of the molecule is COc1cc(C(=O)NCCC(C)N)ccc1NC1=NC2=C(C[N+]13CC3)N(C)C(=O)CCN2C1CCCC1. The minimum Gasteiger partial charge on any atom is -0.495 e. The Bertz CT molecular complexity index is 1120. The van der Waals surface area contributed by atoms with Crippen molar-refractivity contribution in [1.29, 1.82) is 0 Å². The number of likely N-dealkylation sites (N-methyl/N-ethyl adjacent to an activating group) is 1. The minimum atomic E-state index is -0.150. The van der Waals surface area contributed by atoms with Gasteiger partial charge in [0.25, 0.3) is 5.91 Å². The summed E-state index contributed by atoms with van der Waals surface area (Å²) in [5, 5.41) is 6.47. The van der Waals surface area contributed by atoms with Gasteiger partial charge in [0.1, 0.15) is 31.1 Å². The Kier molecular flexibility index (Phi) is 7.13. The lowest BCUT2D eigenvalue weighted by Gasteiger charge is -2.35. The third kappa shape index (κ3) is 5.17. The second-order valence-corrected chi connectivity index (χ2v) is 10.9. The molecule has 200 valence electrons. The van der Waals surface area contributed by atoms with E-state index in [-0.39, 0.29) is 17.9 Å². The van der Waals surface area contributed by atoms with Gasteiger partial charge >= 0.3 is 5.96 Å². The fourth-order valence-electron chi connectivity index (χ4n) is 5.61. The van der Waals surface area contributed by atoms with Gasteiger partial charge in [-0.05, 0) is 44.4 Å². The molecule has 5 rings (SSSR count). The molecule has 3 heterocycles. The topological polar surface area (TPSA) is 112 Å². The summed E-state index contributed by atoms with van der Waals surface area (Å²) in [5.41, 5.74) is 8.13. The number of carbonyl (C=O) groups is 2. The van der Waals surface area contributed by atoms with Gasteiger partial charge in [-0.2, -0.15) is 4.99 Å². The van der Waals surface area contributed by atoms with Crippen LogP contribution in [-0.2, 0) is 4.79 Å². The molecular weight excluding hydrogens is 470 g/mol. The van der Waals surface area contributed by atoms with Crippen LogP contribution in [-0.4, -0.2) is 91.0 Å². The Balaban J connectivity index is 1.42. The van der Waals surface area contributed by atoms with Crippen LogP contribution in [0, 0.1) is 0 Å². The Hall–Kier alpha value is -3.11. The Morgan fingerprint density at radius 2 is 2.05 bits per heavy atom. The van der Waals surface area contributed by atoms with Crippen molar-refractivity contribution in [3.8, 4) is 5.75 Å². The van der Waals surface area contributed by atoms with Gasteiger partial charge in [0, 0.05) is 44.2 Å². The standard InChI is InChI=1S/C27H39N7O3/c1-18(28)10-12-29-26(36)19-8-9-21(23(16-19)37-3)30-27-31-25-22(17-34(27)14-15-34)32(2)24(35)11-13-33(25)20-6-4-5-7-20/h8-9,16,18,20H,4-7,10-15,17,28H2,1-3H3,(H-,29,30,31,36)/p+1. The number of nitrogens with two attached hydrogens (primary N) is 1. The maximum absolute atomic E-state index is 12.8. The number of nitrogens with zero attached hydrogens (tertiary/aromatic N) is 4. The van der Waals surface area contributed by atoms with Crippen LogP contribution in [0.1, 0.15) is 55.8 Å². The van der Waals surface area contributed by atoms with E-state index in [9.17, 15) is 9.59 Å². The smallest absolute Gasteiger partial charge is 0.309 e. The van der Waals surface area contributed by atoms with Crippen molar-refractivity contribution in [2.45, 2.75) is 57.5 Å². The number of quaternary nitrogens is 1. The van der Waals surface area contributed by atoms with E-state index in [0.717, 1.165) is 62.1 Å². The molecule has 0 aromatic heterocycles. The lowest BCUT2D eigenvalue weighted by atomic mass is 10.1. The summed E-state index contributed by atoms with van der Waals surface area (Å²) in [5.74, 6) is 2.40. The third-order valence-electron chi connectivity index (χ3n) is 8.11. The molecule has 1 unspecified atom stereocenters. The maximum atomic E-state index is 12.8. The zero-order valence-corrected chi connectivity index (χ0v) is 22.3. The number of hydrogen-bond acceptors (Lipinski definition) is 7. The van der Waals surface area contributed by atoms with Gasteiger partial charge in [-0.3, -0.25) is 14.9 Å². The summed E-state index contributed by atoms with van der Waals surface area (Å²) in [7, 11) is 3.50. The zero-order chi connectivity index (χ0) is 26.2. The highest BCUT2D eigenvalue weighted by molar-refractivity contribution is 5.97. The monoisotopic (exact) mass is 510 g/mol. The predicted molar refractivity (Wildman–Crippen MR) is 143 cm³/mol. The Morgan fingerprint density at radius 3 is 2.73 bits per heavy atom. The zero-order valence-electron chi connectivity index (χ0n) is 22.3. The highest BCUT2D eigenvalue weighted by atomic mass is 16.5. The summed E-state index contributed by atoms with van der Waals surface area (Å²) in [6.45, 7) is 5.84. The molecule has 1 atom stereocenters. The Morgan fingerprint density at radius 1 is 1.30 bits per heavy atom. The normalized spacial score (nSPS) is 21.9. The van der Waals surface area contributed by atoms with Crippen LogP contribution in [0.2, 0.25) is 0 Å². The van der Waals surface area contributed by atoms with E-state index in [1.807, 2.05) is 24.9 Å². The van der Waals surface area contributed by atoms with E-state index in [1.165, 1.54) is 12.8 Å². The Labute approximate surface area is 219 Å². The molecule has 4 aliphatic rings. The fourth-order valence-corrected chi connectivity index (χ4v) is 5.61. The molecule has 0 radical (unpaired) electrons. The van der Waals surface area contributed by atoms with Crippen LogP contribution in [0.5, 0.6) is 5.75 Å². The van der Waals surface area contributed by atoms with Crippen LogP contribution < -0.4 is 21.1 Å². The quantitative estimate of drug-likeness (QED) is 0.382. The molecule has 0 bridgehead atoms. The number of ether oxygens (including phenoxy) is 1. The molecule has 1 saturated heterocycles. The molecule has 37 heavy (non-hydrogen) atoms. The van der Waals surface area contributed by atoms with Crippen molar-refractivity contribution in [3.05, 3.63) is 35.3 Å². The number of aliphatic imine (C=N–C) groups is 1. The molecule has 10 nitrogen and oxygen atoms in total. The highest BCUT2D eigenvalue weighted by Crippen LogP contribution is 2.38. The second kappa shape index (κ2) is 10.3. The van der Waals surface area contributed by atoms with E-state index < -0.39 is 0 Å². The summed E-state index contributed by atoms with van der Waals surface area (Å²) >= 11 is 0. The number of amides is 2. The van der Waals surface area contributed by atoms with Gasteiger partial charge in [0.2, 0.25) is 5.91 Å². The number of nitrogens with one attached hydrogen (secondary N) is 2. The summed E-state index contributed by atoms with van der Waals surface area (Å²) < 4.78 is 6.36. The average molecular weight is 511 g/mol. The van der Waals surface area contributed by atoms with Crippen molar-refractivity contribution in [3.63, 3.8) is 0 Å². The van der Waals surface area contributed by atoms with Crippen molar-refractivity contribution < 1.29 is 18.8 Å². The third-order valence-corrected chi connectivity index (χ3v) is 8.11. The minimum absolute atomic E-state index is 0.0390. The van der Waals surface area contributed by atoms with E-state index >= 15 is 0 Å². The van der Waals surface area contributed by atoms with Crippen molar-refractivity contribution >= 4 is 23.5 Å². The van der Waals surface area contributed by atoms with Gasteiger partial charge in [-0.15, -0.1) is 0 Å². The number of anilines is 1. The first-order valence-electron chi connectivity index (χ1n) is 13.5. The van der Waals surface area contributed by atoms with Crippen LogP contribution in [0.25, 0.3) is 0 Å². The largest absolute Gasteiger partial charge is 0.495 e. The molecule has 1 aliphatic carbocycles. The van der Waals surface area contributed by atoms with Crippen molar-refractivity contribution in [1.82, 2.24) is 15.1 Å². The van der Waals surface area contributed by atoms with Gasteiger partial charge in [0.15, 0.2) is 5.82 Å². The predicted octanol–water partition coefficient (Wildman–Crippen LogP) is 2.05. The molecule has 3 aliphatic heterocycles. The molecule has 4 N–H and O–H groups in total. The molecule has 2 fully saturated rings. The van der Waals surface area contributed by atoms with E-state index in [1.54, 1.807) is 19.2 Å². The molecule has 1 aromatic carbocycles. The maximum Gasteiger partial charge on any atom is 0.309 e. The number of rotatable bonds is 7. The van der Waals surface area contributed by atoms with Gasteiger partial charge in [0.05, 0.1) is 12.8 Å². The molecular formula is C27H40N7O3+. The van der Waals surface area contributed by atoms with Crippen LogP contribution >= 0.6 is 0 Å². The first-order valence-corrected chi connectivity index (χ1v) is 13.5. The van der Waals surface area contributed by atoms with Gasteiger partial charge in [-0.25, -0.2) is 4.48 Å². The molecule has 2 amide bonds. The first kappa shape index (κ1) is 25.5. The van der Waals surface area contributed by atoms with E-state index in [2.05, 4.69) is 15.5 Å². The molecule has 1 spiro atoms. The van der Waals surface area contributed by atoms with Crippen molar-refractivity contribution in [2.75, 3.05) is 52.2 Å². The molecule has 10 heteroatoms. The summed E-state index contributed by atoms with van der Waals surface area (Å²) in [6, 6.07) is 5.91.